The molecule has 4 nitrogen and oxygen atoms in total. The Kier molecular flexibility index (Phi) is 3.65. The Balaban J connectivity index is 1.89. The summed E-state index contributed by atoms with van der Waals surface area (Å²) in [5, 5.41) is 6.06. The number of carbonyl (C=O) groups excluding carboxylic acids is 1. The summed E-state index contributed by atoms with van der Waals surface area (Å²) in [6, 6.07) is 1.81. The van der Waals surface area contributed by atoms with E-state index in [-0.39, 0.29) is 5.91 Å². The first-order valence-corrected chi connectivity index (χ1v) is 5.75. The molecule has 2 N–H and O–H groups in total. The van der Waals surface area contributed by atoms with Gasteiger partial charge in [-0.3, -0.25) is 4.79 Å². The summed E-state index contributed by atoms with van der Waals surface area (Å²) in [4.78, 5) is 11.8. The van der Waals surface area contributed by atoms with Crippen LogP contribution in [-0.2, 0) is 7.05 Å². The van der Waals surface area contributed by atoms with E-state index in [0.29, 0.717) is 12.1 Å². The highest BCUT2D eigenvalue weighted by Crippen LogP contribution is 2.03. The Bertz CT molecular complexity index is 457. The third-order valence-corrected chi connectivity index (χ3v) is 2.66. The van der Waals surface area contributed by atoms with E-state index in [9.17, 15) is 4.79 Å². The van der Waals surface area contributed by atoms with E-state index in [0.717, 1.165) is 18.5 Å². The lowest BCUT2D eigenvalue weighted by Crippen LogP contribution is -2.24. The van der Waals surface area contributed by atoms with E-state index in [1.54, 1.807) is 0 Å². The van der Waals surface area contributed by atoms with Gasteiger partial charge >= 0.3 is 0 Å². The fourth-order valence-corrected chi connectivity index (χ4v) is 1.71. The normalized spacial score (nSPS) is 14.8. The molecule has 2 rings (SSSR count). The number of aromatic nitrogens is 1. The predicted octanol–water partition coefficient (Wildman–Crippen LogP) is 1.19. The van der Waals surface area contributed by atoms with E-state index in [4.69, 9.17) is 0 Å². The molecule has 0 aliphatic carbocycles. The summed E-state index contributed by atoms with van der Waals surface area (Å²) in [5.74, 6) is -0.0305. The first kappa shape index (κ1) is 11.5. The first-order chi connectivity index (χ1) is 8.25. The van der Waals surface area contributed by atoms with Gasteiger partial charge in [0.15, 0.2) is 0 Å². The predicted molar refractivity (Wildman–Crippen MR) is 67.6 cm³/mol. The largest absolute Gasteiger partial charge is 0.391 e. The van der Waals surface area contributed by atoms with Gasteiger partial charge in [0.1, 0.15) is 0 Å². The molecule has 1 aromatic rings. The van der Waals surface area contributed by atoms with Gasteiger partial charge in [-0.15, -0.1) is 0 Å². The van der Waals surface area contributed by atoms with Crippen LogP contribution in [0.4, 0.5) is 0 Å². The van der Waals surface area contributed by atoms with Gasteiger partial charge in [-0.25, -0.2) is 0 Å². The van der Waals surface area contributed by atoms with Crippen molar-refractivity contribution in [1.29, 1.82) is 0 Å². The van der Waals surface area contributed by atoms with Crippen LogP contribution in [0, 0.1) is 0 Å². The van der Waals surface area contributed by atoms with Crippen molar-refractivity contribution in [2.75, 3.05) is 13.1 Å². The van der Waals surface area contributed by atoms with Crippen LogP contribution in [0.15, 0.2) is 42.4 Å². The van der Waals surface area contributed by atoms with E-state index >= 15 is 0 Å². The molecule has 17 heavy (non-hydrogen) atoms. The second-order valence-corrected chi connectivity index (χ2v) is 4.10. The van der Waals surface area contributed by atoms with Crippen LogP contribution >= 0.6 is 0 Å². The Hall–Kier alpha value is -1.97. The van der Waals surface area contributed by atoms with Crippen LogP contribution in [0.5, 0.6) is 0 Å². The van der Waals surface area contributed by atoms with Crippen LogP contribution in [0.3, 0.4) is 0 Å². The molecule has 0 spiro atoms. The van der Waals surface area contributed by atoms with Gasteiger partial charge in [0.05, 0.1) is 5.56 Å². The minimum atomic E-state index is -0.0305. The van der Waals surface area contributed by atoms with Crippen LogP contribution in [0.2, 0.25) is 0 Å². The molecule has 0 saturated heterocycles. The van der Waals surface area contributed by atoms with Crippen molar-refractivity contribution in [3.05, 3.63) is 47.9 Å². The number of aryl methyl sites for hydroxylation is 1. The molecular weight excluding hydrogens is 214 g/mol. The molecular formula is C13H17N3O. The average molecular weight is 231 g/mol. The standard InChI is InChI=1S/C13H17N3O/c1-16-8-5-12(10-16)13(17)15-9-11-3-2-6-14-7-4-11/h3-5,7-8,10,14H,2,6,9H2,1H3,(H,15,17). The molecule has 0 bridgehead atoms. The van der Waals surface area contributed by atoms with Gasteiger partial charge < -0.3 is 15.2 Å². The third-order valence-electron chi connectivity index (χ3n) is 2.66. The van der Waals surface area contributed by atoms with Crippen molar-refractivity contribution < 1.29 is 4.79 Å². The molecule has 1 aliphatic heterocycles. The highest BCUT2D eigenvalue weighted by atomic mass is 16.1. The van der Waals surface area contributed by atoms with Gasteiger partial charge in [-0.2, -0.15) is 0 Å². The first-order valence-electron chi connectivity index (χ1n) is 5.75. The van der Waals surface area contributed by atoms with Gasteiger partial charge in [-0.05, 0) is 30.3 Å². The van der Waals surface area contributed by atoms with E-state index in [2.05, 4.69) is 16.7 Å². The zero-order valence-corrected chi connectivity index (χ0v) is 9.94. The van der Waals surface area contributed by atoms with E-state index in [1.165, 1.54) is 0 Å². The lowest BCUT2D eigenvalue weighted by molar-refractivity contribution is 0.0957. The maximum absolute atomic E-state index is 11.8. The van der Waals surface area contributed by atoms with Gasteiger partial charge in [0.25, 0.3) is 5.91 Å². The summed E-state index contributed by atoms with van der Waals surface area (Å²) in [6.07, 6.45) is 10.7. The highest BCUT2D eigenvalue weighted by molar-refractivity contribution is 5.94. The topological polar surface area (TPSA) is 46.1 Å². The van der Waals surface area contributed by atoms with Gasteiger partial charge in [-0.1, -0.05) is 6.08 Å². The summed E-state index contributed by atoms with van der Waals surface area (Å²) in [6.45, 7) is 1.53. The van der Waals surface area contributed by atoms with Crippen molar-refractivity contribution in [2.45, 2.75) is 6.42 Å². The SMILES string of the molecule is Cn1ccc(C(=O)NCC2=CCCNC=C2)c1. The number of rotatable bonds is 3. The van der Waals surface area contributed by atoms with Crippen LogP contribution in [0.25, 0.3) is 0 Å². The van der Waals surface area contributed by atoms with Gasteiger partial charge in [0.2, 0.25) is 0 Å². The highest BCUT2D eigenvalue weighted by Gasteiger charge is 2.06. The summed E-state index contributed by atoms with van der Waals surface area (Å²) in [5.41, 5.74) is 1.84. The lowest BCUT2D eigenvalue weighted by Gasteiger charge is -2.04. The van der Waals surface area contributed by atoms with Crippen molar-refractivity contribution in [3.63, 3.8) is 0 Å². The minimum absolute atomic E-state index is 0.0305. The smallest absolute Gasteiger partial charge is 0.253 e. The van der Waals surface area contributed by atoms with Crippen LogP contribution in [-0.4, -0.2) is 23.6 Å². The molecule has 0 fully saturated rings. The maximum atomic E-state index is 11.8. The number of amides is 1. The van der Waals surface area contributed by atoms with Crippen molar-refractivity contribution in [3.8, 4) is 0 Å². The zero-order valence-electron chi connectivity index (χ0n) is 9.94. The van der Waals surface area contributed by atoms with Crippen LogP contribution in [0.1, 0.15) is 16.8 Å². The van der Waals surface area contributed by atoms with E-state index in [1.807, 2.05) is 42.4 Å². The fraction of sp³-hybridized carbons (Fsp3) is 0.308. The Morgan fingerprint density at radius 2 is 2.47 bits per heavy atom. The maximum Gasteiger partial charge on any atom is 0.253 e. The molecule has 0 unspecified atom stereocenters. The van der Waals surface area contributed by atoms with Crippen molar-refractivity contribution in [2.24, 2.45) is 7.05 Å². The molecule has 1 aliphatic rings. The summed E-state index contributed by atoms with van der Waals surface area (Å²) >= 11 is 0. The molecule has 0 atom stereocenters. The molecule has 0 aromatic carbocycles. The van der Waals surface area contributed by atoms with Gasteiger partial charge in [0, 0.05) is 32.5 Å². The monoisotopic (exact) mass is 231 g/mol. The second kappa shape index (κ2) is 5.39. The fourth-order valence-electron chi connectivity index (χ4n) is 1.71. The summed E-state index contributed by atoms with van der Waals surface area (Å²) < 4.78 is 1.86. The second-order valence-electron chi connectivity index (χ2n) is 4.10. The number of carbonyl (C=O) groups is 1. The summed E-state index contributed by atoms with van der Waals surface area (Å²) in [7, 11) is 1.90. The molecule has 2 heterocycles. The van der Waals surface area contributed by atoms with Crippen LogP contribution < -0.4 is 10.6 Å². The van der Waals surface area contributed by atoms with Crippen molar-refractivity contribution >= 4 is 5.91 Å². The molecule has 1 amide bonds. The zero-order chi connectivity index (χ0) is 12.1. The lowest BCUT2D eigenvalue weighted by atomic mass is 10.2. The molecule has 0 saturated carbocycles. The van der Waals surface area contributed by atoms with Crippen molar-refractivity contribution in [1.82, 2.24) is 15.2 Å². The third kappa shape index (κ3) is 3.24. The number of nitrogens with zero attached hydrogens (tertiary/aromatic N) is 1. The Labute approximate surface area is 101 Å². The minimum Gasteiger partial charge on any atom is -0.391 e. The average Bonchev–Trinajstić information content (AvgIpc) is 2.61. The molecule has 1 aromatic heterocycles. The molecule has 0 radical (unpaired) electrons. The quantitative estimate of drug-likeness (QED) is 0.820. The Morgan fingerprint density at radius 3 is 3.24 bits per heavy atom. The van der Waals surface area contributed by atoms with E-state index < -0.39 is 0 Å². The number of hydrogen-bond acceptors (Lipinski definition) is 2. The molecule has 4 heteroatoms. The Morgan fingerprint density at radius 1 is 1.59 bits per heavy atom. The number of nitrogens with one attached hydrogen (secondary N) is 2. The molecule has 90 valence electrons. The number of hydrogen-bond donors (Lipinski definition) is 2.